The molecule has 5 rings (SSSR count). The van der Waals surface area contributed by atoms with Gasteiger partial charge in [-0.25, -0.2) is 24.1 Å². The van der Waals surface area contributed by atoms with Crippen LogP contribution in [-0.2, 0) is 25.5 Å². The molecule has 39 heavy (non-hydrogen) atoms. The number of hydrogen-bond acceptors (Lipinski definition) is 10. The van der Waals surface area contributed by atoms with Gasteiger partial charge in [0.25, 0.3) is 0 Å². The summed E-state index contributed by atoms with van der Waals surface area (Å²) >= 11 is 0. The Morgan fingerprint density at radius 2 is 1.87 bits per heavy atom. The Morgan fingerprint density at radius 1 is 1.10 bits per heavy atom. The molecule has 0 bridgehead atoms. The van der Waals surface area contributed by atoms with E-state index in [1.54, 1.807) is 30.6 Å². The lowest BCUT2D eigenvalue weighted by Gasteiger charge is -2.34. The molecule has 4 N–H and O–H groups in total. The van der Waals surface area contributed by atoms with E-state index in [0.717, 1.165) is 5.69 Å². The maximum absolute atomic E-state index is 13.6. The molecule has 1 fully saturated rings. The number of carbonyl (C=O) groups excluding carboxylic acids is 2. The molecular formula is C26H24FN7O5. The molecular weight excluding hydrogens is 509 g/mol. The van der Waals surface area contributed by atoms with Gasteiger partial charge in [0, 0.05) is 18.0 Å². The molecule has 0 unspecified atom stereocenters. The smallest absolute Gasteiger partial charge is 0.376 e. The van der Waals surface area contributed by atoms with Crippen LogP contribution in [0.25, 0.3) is 22.6 Å². The number of nitrogens with zero attached hydrogens (tertiary/aromatic N) is 4. The molecule has 1 aromatic carbocycles. The zero-order chi connectivity index (χ0) is 27.4. The van der Waals surface area contributed by atoms with Crippen LogP contribution in [0.15, 0.2) is 60.9 Å². The lowest BCUT2D eigenvalue weighted by atomic mass is 9.92. The van der Waals surface area contributed by atoms with Gasteiger partial charge < -0.3 is 30.2 Å². The third kappa shape index (κ3) is 5.89. The number of aromatic nitrogens is 5. The van der Waals surface area contributed by atoms with E-state index in [-0.39, 0.29) is 19.0 Å². The fourth-order valence-electron chi connectivity index (χ4n) is 3.86. The third-order valence-electron chi connectivity index (χ3n) is 5.92. The van der Waals surface area contributed by atoms with Gasteiger partial charge in [-0.2, -0.15) is 0 Å². The van der Waals surface area contributed by atoms with E-state index in [4.69, 9.17) is 15.2 Å². The van der Waals surface area contributed by atoms with Crippen molar-refractivity contribution in [1.82, 2.24) is 24.9 Å². The Kier molecular flexibility index (Phi) is 7.25. The number of ether oxygens (including phenoxy) is 3. The van der Waals surface area contributed by atoms with Crippen molar-refractivity contribution in [3.63, 3.8) is 0 Å². The van der Waals surface area contributed by atoms with Gasteiger partial charge in [-0.15, -0.1) is 0 Å². The minimum atomic E-state index is -1.23. The maximum atomic E-state index is 13.6. The molecule has 4 heterocycles. The van der Waals surface area contributed by atoms with Crippen molar-refractivity contribution in [3.05, 3.63) is 78.3 Å². The van der Waals surface area contributed by atoms with E-state index in [1.165, 1.54) is 19.1 Å². The number of primary amides is 1. The van der Waals surface area contributed by atoms with Crippen molar-refractivity contribution in [2.45, 2.75) is 19.8 Å². The van der Waals surface area contributed by atoms with E-state index in [1.807, 2.05) is 18.2 Å². The number of halogens is 1. The maximum Gasteiger partial charge on any atom is 0.412 e. The Bertz CT molecular complexity index is 1470. The van der Waals surface area contributed by atoms with E-state index in [2.05, 4.69) is 35.0 Å². The van der Waals surface area contributed by atoms with Crippen LogP contribution < -0.4 is 11.1 Å². The first-order chi connectivity index (χ1) is 18.8. The zero-order valence-corrected chi connectivity index (χ0v) is 20.8. The summed E-state index contributed by atoms with van der Waals surface area (Å²) in [5.41, 5.74) is 6.68. The summed E-state index contributed by atoms with van der Waals surface area (Å²) in [6.07, 6.45) is 1.13. The van der Waals surface area contributed by atoms with Crippen LogP contribution in [0.5, 0.6) is 0 Å². The molecule has 3 aromatic heterocycles. The second kappa shape index (κ2) is 10.9. The number of anilines is 1. The second-order valence-electron chi connectivity index (χ2n) is 9.02. The molecule has 0 saturated carbocycles. The van der Waals surface area contributed by atoms with Gasteiger partial charge in [0.1, 0.15) is 11.2 Å². The predicted molar refractivity (Wildman–Crippen MR) is 135 cm³/mol. The molecule has 13 heteroatoms. The van der Waals surface area contributed by atoms with Crippen molar-refractivity contribution in [2.75, 3.05) is 18.5 Å². The quantitative estimate of drug-likeness (QED) is 0.237. The van der Waals surface area contributed by atoms with Crippen LogP contribution in [0, 0.1) is 11.2 Å². The number of rotatable bonds is 7. The van der Waals surface area contributed by atoms with Gasteiger partial charge in [0.05, 0.1) is 42.5 Å². The highest BCUT2D eigenvalue weighted by molar-refractivity contribution is 5.87. The summed E-state index contributed by atoms with van der Waals surface area (Å²) in [6.45, 7) is 1.73. The number of amides is 1. The second-order valence-corrected chi connectivity index (χ2v) is 9.02. The molecule has 4 aromatic rings. The SMILES string of the molecule is CC1(C(=O)OC(N)=O)COC(c2nc(-c3ccc(F)cc3)c(-c3ccnc(NCc4ccccn4)n3)[nH]2)OC1. The number of nitrogens with two attached hydrogens (primary N) is 1. The Hall–Kier alpha value is -4.75. The van der Waals surface area contributed by atoms with E-state index >= 15 is 0 Å². The normalized spacial score (nSPS) is 18.9. The molecule has 12 nitrogen and oxygen atoms in total. The number of H-pyrrole nitrogens is 1. The topological polar surface area (TPSA) is 167 Å². The minimum Gasteiger partial charge on any atom is -0.376 e. The Labute approximate surface area is 221 Å². The molecule has 1 amide bonds. The van der Waals surface area contributed by atoms with Crippen molar-refractivity contribution in [3.8, 4) is 22.6 Å². The summed E-state index contributed by atoms with van der Waals surface area (Å²) < 4.78 is 29.7. The average molecular weight is 534 g/mol. The molecule has 0 spiro atoms. The first kappa shape index (κ1) is 25.9. The van der Waals surface area contributed by atoms with Crippen LogP contribution in [-0.4, -0.2) is 50.2 Å². The molecule has 1 saturated heterocycles. The number of imidazole rings is 1. The van der Waals surface area contributed by atoms with Gasteiger partial charge in [-0.3, -0.25) is 9.78 Å². The monoisotopic (exact) mass is 533 g/mol. The summed E-state index contributed by atoms with van der Waals surface area (Å²) in [4.78, 5) is 44.3. The van der Waals surface area contributed by atoms with Gasteiger partial charge in [-0.1, -0.05) is 6.07 Å². The van der Waals surface area contributed by atoms with Gasteiger partial charge in [0.15, 0.2) is 5.82 Å². The van der Waals surface area contributed by atoms with Crippen LogP contribution >= 0.6 is 0 Å². The molecule has 1 aliphatic rings. The van der Waals surface area contributed by atoms with Crippen molar-refractivity contribution >= 4 is 18.0 Å². The highest BCUT2D eigenvalue weighted by atomic mass is 19.1. The summed E-state index contributed by atoms with van der Waals surface area (Å²) in [5.74, 6) is -0.572. The molecule has 0 atom stereocenters. The van der Waals surface area contributed by atoms with Crippen LogP contribution in [0.2, 0.25) is 0 Å². The number of nitrogens with one attached hydrogen (secondary N) is 2. The van der Waals surface area contributed by atoms with E-state index in [0.29, 0.717) is 41.0 Å². The summed E-state index contributed by atoms with van der Waals surface area (Å²) in [7, 11) is 0. The first-order valence-electron chi connectivity index (χ1n) is 11.9. The summed E-state index contributed by atoms with van der Waals surface area (Å²) in [6, 6.07) is 13.2. The largest absolute Gasteiger partial charge is 0.412 e. The first-order valence-corrected chi connectivity index (χ1v) is 11.9. The van der Waals surface area contributed by atoms with E-state index < -0.39 is 23.8 Å². The number of carbonyl (C=O) groups is 2. The van der Waals surface area contributed by atoms with Gasteiger partial charge in [0.2, 0.25) is 12.2 Å². The number of benzene rings is 1. The predicted octanol–water partition coefficient (Wildman–Crippen LogP) is 3.35. The molecule has 200 valence electrons. The van der Waals surface area contributed by atoms with Crippen molar-refractivity contribution in [1.29, 1.82) is 0 Å². The van der Waals surface area contributed by atoms with Gasteiger partial charge in [-0.05, 0) is 49.4 Å². The lowest BCUT2D eigenvalue weighted by molar-refractivity contribution is -0.236. The Balaban J connectivity index is 1.42. The van der Waals surface area contributed by atoms with Gasteiger partial charge >= 0.3 is 12.1 Å². The minimum absolute atomic E-state index is 0.110. The number of pyridine rings is 1. The van der Waals surface area contributed by atoms with Crippen LogP contribution in [0.3, 0.4) is 0 Å². The third-order valence-corrected chi connectivity index (χ3v) is 5.92. The van der Waals surface area contributed by atoms with Crippen LogP contribution in [0.4, 0.5) is 15.1 Å². The number of hydrogen-bond donors (Lipinski definition) is 3. The summed E-state index contributed by atoms with van der Waals surface area (Å²) in [5, 5.41) is 3.15. The van der Waals surface area contributed by atoms with Crippen molar-refractivity contribution < 1.29 is 28.2 Å². The van der Waals surface area contributed by atoms with Crippen LogP contribution in [0.1, 0.15) is 24.7 Å². The molecule has 0 radical (unpaired) electrons. The van der Waals surface area contributed by atoms with E-state index in [9.17, 15) is 14.0 Å². The number of aromatic amines is 1. The highest BCUT2D eigenvalue weighted by Crippen LogP contribution is 2.36. The zero-order valence-electron chi connectivity index (χ0n) is 20.8. The average Bonchev–Trinajstić information content (AvgIpc) is 3.39. The standard InChI is InChI=1S/C26H24FN7O5/c1-26(23(35)39-24(28)36)13-37-22(38-14-26)21-33-19(15-5-7-16(27)8-6-15)20(34-21)18-9-11-30-25(32-18)31-12-17-4-2-3-10-29-17/h2-11,22H,12-14H2,1H3,(H2,28,36)(H,33,34)(H,30,31,32). The molecule has 1 aliphatic heterocycles. The highest BCUT2D eigenvalue weighted by Gasteiger charge is 2.43. The number of esters is 1. The molecule has 0 aliphatic carbocycles. The lowest BCUT2D eigenvalue weighted by Crippen LogP contribution is -2.45. The fourth-order valence-corrected chi connectivity index (χ4v) is 3.86. The van der Waals surface area contributed by atoms with Crippen molar-refractivity contribution in [2.24, 2.45) is 11.1 Å². The Morgan fingerprint density at radius 3 is 2.56 bits per heavy atom. The fraction of sp³-hybridized carbons (Fsp3) is 0.231.